The van der Waals surface area contributed by atoms with Crippen molar-refractivity contribution in [2.24, 2.45) is 11.7 Å². The second-order valence-electron chi connectivity index (χ2n) is 5.15. The largest absolute Gasteiger partial charge is 0.392 e. The van der Waals surface area contributed by atoms with E-state index in [4.69, 9.17) is 18.0 Å². The zero-order valence-electron chi connectivity index (χ0n) is 10.5. The van der Waals surface area contributed by atoms with Gasteiger partial charge in [0.05, 0.1) is 11.0 Å². The van der Waals surface area contributed by atoms with E-state index in [1.807, 2.05) is 0 Å². The first-order valence-electron chi connectivity index (χ1n) is 6.57. The summed E-state index contributed by atoms with van der Waals surface area (Å²) in [6.45, 7) is 1.20. The van der Waals surface area contributed by atoms with E-state index in [1.54, 1.807) is 0 Å². The van der Waals surface area contributed by atoms with Gasteiger partial charge in [0, 0.05) is 13.1 Å². The molecular formula is C11H21N3O2S2. The lowest BCUT2D eigenvalue weighted by atomic mass is 10.2. The van der Waals surface area contributed by atoms with Crippen LogP contribution in [0.4, 0.5) is 0 Å². The third kappa shape index (κ3) is 3.63. The molecule has 1 heterocycles. The molecule has 0 spiro atoms. The molecule has 1 atom stereocenters. The smallest absolute Gasteiger partial charge is 0.280 e. The van der Waals surface area contributed by atoms with Crippen molar-refractivity contribution >= 4 is 27.4 Å². The van der Waals surface area contributed by atoms with E-state index in [-0.39, 0.29) is 11.0 Å². The highest BCUT2D eigenvalue weighted by Gasteiger charge is 2.37. The fourth-order valence-electron chi connectivity index (χ4n) is 2.33. The van der Waals surface area contributed by atoms with Gasteiger partial charge in [-0.15, -0.1) is 0 Å². The van der Waals surface area contributed by atoms with Gasteiger partial charge in [-0.1, -0.05) is 25.1 Å². The van der Waals surface area contributed by atoms with Crippen LogP contribution in [0.15, 0.2) is 0 Å². The highest BCUT2D eigenvalue weighted by molar-refractivity contribution is 7.87. The third-order valence-electron chi connectivity index (χ3n) is 3.58. The van der Waals surface area contributed by atoms with Crippen LogP contribution in [0, 0.1) is 5.92 Å². The quantitative estimate of drug-likeness (QED) is 0.733. The van der Waals surface area contributed by atoms with Crippen LogP contribution < -0.4 is 10.5 Å². The predicted molar refractivity (Wildman–Crippen MR) is 75.4 cm³/mol. The molecule has 1 saturated carbocycles. The van der Waals surface area contributed by atoms with Gasteiger partial charge in [-0.2, -0.15) is 17.4 Å². The van der Waals surface area contributed by atoms with Crippen LogP contribution >= 0.6 is 12.2 Å². The molecule has 2 aliphatic rings. The summed E-state index contributed by atoms with van der Waals surface area (Å²) in [6.07, 6.45) is 6.08. The molecule has 1 unspecified atom stereocenters. The first-order chi connectivity index (χ1) is 8.50. The van der Waals surface area contributed by atoms with Gasteiger partial charge in [0.1, 0.15) is 0 Å². The Morgan fingerprint density at radius 3 is 2.22 bits per heavy atom. The van der Waals surface area contributed by atoms with Gasteiger partial charge < -0.3 is 5.73 Å². The second kappa shape index (κ2) is 5.81. The summed E-state index contributed by atoms with van der Waals surface area (Å²) in [5, 5.41) is 0. The average Bonchev–Trinajstić information content (AvgIpc) is 3.12. The standard InChI is InChI=1S/C11H21N3O2S2/c12-11(17)10(9-5-6-9)13-18(15,16)14-7-3-1-2-4-8-14/h9-10,13H,1-8H2,(H2,12,17). The number of hydrogen-bond donors (Lipinski definition) is 2. The molecule has 104 valence electrons. The summed E-state index contributed by atoms with van der Waals surface area (Å²) >= 11 is 4.96. The van der Waals surface area contributed by atoms with Crippen LogP contribution in [0.2, 0.25) is 0 Å². The van der Waals surface area contributed by atoms with E-state index in [2.05, 4.69) is 4.72 Å². The van der Waals surface area contributed by atoms with Crippen LogP contribution in [0.1, 0.15) is 38.5 Å². The molecule has 2 fully saturated rings. The maximum absolute atomic E-state index is 12.3. The monoisotopic (exact) mass is 291 g/mol. The van der Waals surface area contributed by atoms with Crippen LogP contribution in [0.25, 0.3) is 0 Å². The minimum Gasteiger partial charge on any atom is -0.392 e. The summed E-state index contributed by atoms with van der Waals surface area (Å²) in [5.74, 6) is 0.296. The van der Waals surface area contributed by atoms with Crippen molar-refractivity contribution in [2.75, 3.05) is 13.1 Å². The van der Waals surface area contributed by atoms with Crippen molar-refractivity contribution in [1.82, 2.24) is 9.03 Å². The minimum atomic E-state index is -3.44. The Morgan fingerprint density at radius 2 is 1.78 bits per heavy atom. The lowest BCUT2D eigenvalue weighted by Crippen LogP contribution is -2.50. The summed E-state index contributed by atoms with van der Waals surface area (Å²) in [4.78, 5) is 0.260. The van der Waals surface area contributed by atoms with Gasteiger partial charge in [0.2, 0.25) is 0 Å². The van der Waals surface area contributed by atoms with Crippen molar-refractivity contribution in [3.05, 3.63) is 0 Å². The van der Waals surface area contributed by atoms with Gasteiger partial charge in [-0.3, -0.25) is 0 Å². The molecule has 0 aromatic rings. The maximum Gasteiger partial charge on any atom is 0.280 e. The lowest BCUT2D eigenvalue weighted by Gasteiger charge is -2.24. The Kier molecular flexibility index (Phi) is 4.58. The molecular weight excluding hydrogens is 270 g/mol. The zero-order valence-corrected chi connectivity index (χ0v) is 12.1. The number of rotatable bonds is 5. The molecule has 2 rings (SSSR count). The van der Waals surface area contributed by atoms with Crippen molar-refractivity contribution < 1.29 is 8.42 Å². The number of nitrogens with one attached hydrogen (secondary N) is 1. The predicted octanol–water partition coefficient (Wildman–Crippen LogP) is 0.761. The van der Waals surface area contributed by atoms with Crippen molar-refractivity contribution in [3.63, 3.8) is 0 Å². The van der Waals surface area contributed by atoms with Crippen molar-refractivity contribution in [3.8, 4) is 0 Å². The summed E-state index contributed by atoms with van der Waals surface area (Å²) < 4.78 is 28.8. The van der Waals surface area contributed by atoms with Crippen molar-refractivity contribution in [2.45, 2.75) is 44.6 Å². The molecule has 0 aromatic carbocycles. The van der Waals surface area contributed by atoms with E-state index in [0.29, 0.717) is 19.0 Å². The molecule has 18 heavy (non-hydrogen) atoms. The molecule has 1 aliphatic carbocycles. The summed E-state index contributed by atoms with van der Waals surface area (Å²) in [7, 11) is -3.44. The van der Waals surface area contributed by atoms with Gasteiger partial charge in [-0.05, 0) is 31.6 Å². The van der Waals surface area contributed by atoms with Crippen LogP contribution in [0.5, 0.6) is 0 Å². The topological polar surface area (TPSA) is 75.4 Å². The lowest BCUT2D eigenvalue weighted by molar-refractivity contribution is 0.410. The Hall–Kier alpha value is -0.240. The molecule has 1 saturated heterocycles. The van der Waals surface area contributed by atoms with Crippen molar-refractivity contribution in [1.29, 1.82) is 0 Å². The Morgan fingerprint density at radius 1 is 1.22 bits per heavy atom. The highest BCUT2D eigenvalue weighted by atomic mass is 32.2. The minimum absolute atomic E-state index is 0.260. The molecule has 0 aromatic heterocycles. The Balaban J connectivity index is 2.02. The second-order valence-corrected chi connectivity index (χ2v) is 7.33. The third-order valence-corrected chi connectivity index (χ3v) is 5.43. The number of nitrogens with zero attached hydrogens (tertiary/aromatic N) is 1. The molecule has 1 aliphatic heterocycles. The van der Waals surface area contributed by atoms with Gasteiger partial charge in [0.15, 0.2) is 0 Å². The van der Waals surface area contributed by atoms with Gasteiger partial charge >= 0.3 is 0 Å². The molecule has 5 nitrogen and oxygen atoms in total. The first kappa shape index (κ1) is 14.2. The van der Waals surface area contributed by atoms with Gasteiger partial charge in [-0.25, -0.2) is 0 Å². The van der Waals surface area contributed by atoms with E-state index >= 15 is 0 Å². The highest BCUT2D eigenvalue weighted by Crippen LogP contribution is 2.33. The molecule has 7 heteroatoms. The number of hydrogen-bond acceptors (Lipinski definition) is 3. The van der Waals surface area contributed by atoms with E-state index < -0.39 is 10.2 Å². The Bertz CT molecular complexity index is 399. The number of nitrogens with two attached hydrogens (primary N) is 1. The first-order valence-corrected chi connectivity index (χ1v) is 8.42. The molecule has 0 radical (unpaired) electrons. The summed E-state index contributed by atoms with van der Waals surface area (Å²) in [6, 6.07) is -0.367. The fourth-order valence-corrected chi connectivity index (χ4v) is 4.19. The fraction of sp³-hybridized carbons (Fsp3) is 0.909. The van der Waals surface area contributed by atoms with E-state index in [1.165, 1.54) is 4.31 Å². The van der Waals surface area contributed by atoms with E-state index in [9.17, 15) is 8.42 Å². The zero-order chi connectivity index (χ0) is 13.2. The normalized spacial score (nSPS) is 24.4. The maximum atomic E-state index is 12.3. The number of thiocarbonyl (C=S) groups is 1. The molecule has 0 bridgehead atoms. The molecule has 0 amide bonds. The van der Waals surface area contributed by atoms with Crippen LogP contribution in [-0.2, 0) is 10.2 Å². The average molecular weight is 291 g/mol. The van der Waals surface area contributed by atoms with Crippen LogP contribution in [-0.4, -0.2) is 36.8 Å². The Labute approximate surface area is 114 Å². The van der Waals surface area contributed by atoms with E-state index in [0.717, 1.165) is 38.5 Å². The molecule has 3 N–H and O–H groups in total. The SMILES string of the molecule is NC(=S)C(NS(=O)(=O)N1CCCCCC1)C1CC1. The summed E-state index contributed by atoms with van der Waals surface area (Å²) in [5.41, 5.74) is 5.63. The van der Waals surface area contributed by atoms with Gasteiger partial charge in [0.25, 0.3) is 10.2 Å². The van der Waals surface area contributed by atoms with Crippen LogP contribution in [0.3, 0.4) is 0 Å².